The molecule has 0 amide bonds. The Hall–Kier alpha value is -8.52. The first kappa shape index (κ1) is 56.2. The summed E-state index contributed by atoms with van der Waals surface area (Å²) < 4.78 is 31.6. The van der Waals surface area contributed by atoms with Gasteiger partial charge in [0.25, 0.3) is 0 Å². The van der Waals surface area contributed by atoms with Crippen LogP contribution in [-0.2, 0) is 0 Å². The minimum Gasteiger partial charge on any atom is -0.468 e. The molecule has 0 saturated heterocycles. The Labute approximate surface area is 481 Å². The maximum Gasteiger partial charge on any atom is 0.167 e. The Kier molecular flexibility index (Phi) is 19.2. The number of benzene rings is 8. The Morgan fingerprint density at radius 3 is 1.56 bits per heavy atom. The maximum atomic E-state index is 5.25. The molecule has 0 saturated carbocycles. The van der Waals surface area contributed by atoms with Gasteiger partial charge in [0.15, 0.2) is 5.58 Å². The van der Waals surface area contributed by atoms with Gasteiger partial charge in [-0.1, -0.05) is 156 Å². The highest BCUT2D eigenvalue weighted by molar-refractivity contribution is 7.17. The second-order valence-corrected chi connectivity index (χ2v) is 22.4. The molecule has 8 aromatic carbocycles. The molecule has 0 radical (unpaired) electrons. The van der Waals surface area contributed by atoms with Gasteiger partial charge in [-0.05, 0) is 165 Å². The predicted molar refractivity (Wildman–Crippen MR) is 341 cm³/mol. The van der Waals surface area contributed by atoms with Gasteiger partial charge in [0.1, 0.15) is 22.6 Å². The molecular formula is C68H60N4O4S4. The topological polar surface area (TPSA) is 104 Å². The predicted octanol–water partition coefficient (Wildman–Crippen LogP) is 21.4. The molecule has 0 bridgehead atoms. The van der Waals surface area contributed by atoms with E-state index < -0.39 is 0 Å². The van der Waals surface area contributed by atoms with Gasteiger partial charge in [0, 0.05) is 52.2 Å². The third-order valence-corrected chi connectivity index (χ3v) is 16.7. The van der Waals surface area contributed by atoms with Crippen molar-refractivity contribution in [2.75, 3.05) is 0 Å². The van der Waals surface area contributed by atoms with Crippen LogP contribution in [-0.4, -0.2) is 19.1 Å². The summed E-state index contributed by atoms with van der Waals surface area (Å²) in [4.78, 5) is 2.71. The van der Waals surface area contributed by atoms with E-state index in [1.165, 1.54) is 73.4 Å². The molecule has 0 fully saturated rings. The average molecular weight is 1130 g/mol. The highest BCUT2D eigenvalue weighted by Gasteiger charge is 2.03. The van der Waals surface area contributed by atoms with Crippen molar-refractivity contribution in [2.24, 2.45) is 0 Å². The van der Waals surface area contributed by atoms with E-state index in [2.05, 4.69) is 129 Å². The van der Waals surface area contributed by atoms with Gasteiger partial charge in [-0.25, -0.2) is 0 Å². The number of fused-ring (bicyclic) bond motifs is 8. The Bertz CT molecular complexity index is 3660. The molecule has 8 aromatic heterocycles. The lowest BCUT2D eigenvalue weighted by Gasteiger charge is -1.86. The molecule has 8 heterocycles. The van der Waals surface area contributed by atoms with Crippen molar-refractivity contribution < 1.29 is 17.9 Å². The fourth-order valence-corrected chi connectivity index (χ4v) is 11.8. The highest BCUT2D eigenvalue weighted by atomic mass is 32.1. The number of para-hydroxylation sites is 2. The van der Waals surface area contributed by atoms with E-state index >= 15 is 0 Å². The van der Waals surface area contributed by atoms with Gasteiger partial charge >= 0.3 is 0 Å². The standard InChI is InChI=1S/2C9H8O.2C9H8S.2C8H7NO.2C8H7NS/c1-7-9-5-3-2-4-8(9)6-10-7;1-7-6-10-9-5-3-2-4-8(7)9;1-7-9-5-3-2-4-8(9)6-10-7;1-7-6-10-9-5-3-2-4-8(7)9;1-6-7-4-2-3-5-8(7)9-10-6;1-6-7-4-2-3-5-8(7)10-9-6;1-6-7-4-2-3-5-8(7)9-10-6;1-6-7-4-2-3-5-8(7)10-9-6/h4*2-6H,1H3;4*2-5H,1H3. The number of hydrogen-bond donors (Lipinski definition) is 0. The fourth-order valence-electron chi connectivity index (χ4n) is 8.55. The summed E-state index contributed by atoms with van der Waals surface area (Å²) in [5.41, 5.74) is 8.57. The molecule has 0 N–H and O–H groups in total. The quantitative estimate of drug-likeness (QED) is 0.148. The monoisotopic (exact) mass is 1120 g/mol. The molecule has 16 aromatic rings. The number of furan rings is 2. The first-order valence-corrected chi connectivity index (χ1v) is 29.3. The molecule has 0 atom stereocenters. The van der Waals surface area contributed by atoms with E-state index in [1.54, 1.807) is 35.6 Å². The number of nitrogens with zero attached hydrogens (tertiary/aromatic N) is 4. The smallest absolute Gasteiger partial charge is 0.167 e. The number of rotatable bonds is 0. The number of thiophene rings is 2. The molecule has 8 nitrogen and oxygen atoms in total. The van der Waals surface area contributed by atoms with E-state index in [0.29, 0.717) is 0 Å². The second-order valence-electron chi connectivity index (χ2n) is 18.6. The Balaban J connectivity index is 0.000000111. The van der Waals surface area contributed by atoms with Crippen LogP contribution in [0.4, 0.5) is 0 Å². The third-order valence-electron chi connectivity index (χ3n) is 13.0. The summed E-state index contributed by atoms with van der Waals surface area (Å²) in [6.45, 7) is 16.3. The first-order chi connectivity index (χ1) is 39.0. The van der Waals surface area contributed by atoms with Crippen molar-refractivity contribution in [3.8, 4) is 0 Å². The first-order valence-electron chi connectivity index (χ1n) is 26.0. The van der Waals surface area contributed by atoms with Crippen molar-refractivity contribution in [1.82, 2.24) is 19.1 Å². The molecular weight excluding hydrogens is 1070 g/mol. The molecule has 0 spiro atoms. The maximum absolute atomic E-state index is 5.25. The van der Waals surface area contributed by atoms with E-state index in [4.69, 9.17) is 17.9 Å². The summed E-state index contributed by atoms with van der Waals surface area (Å²) in [5, 5.41) is 24.6. The van der Waals surface area contributed by atoms with Gasteiger partial charge in [-0.15, -0.1) is 22.7 Å². The number of aromatic nitrogens is 4. The van der Waals surface area contributed by atoms with E-state index in [9.17, 15) is 0 Å². The van der Waals surface area contributed by atoms with E-state index in [0.717, 1.165) is 55.9 Å². The van der Waals surface area contributed by atoms with Crippen LogP contribution < -0.4 is 0 Å². The highest BCUT2D eigenvalue weighted by Crippen LogP contribution is 2.27. The third kappa shape index (κ3) is 14.2. The van der Waals surface area contributed by atoms with E-state index in [1.807, 2.05) is 173 Å². The Morgan fingerprint density at radius 2 is 0.900 bits per heavy atom. The molecule has 12 heteroatoms. The minimum atomic E-state index is 0.861. The number of aryl methyl sites for hydroxylation is 8. The summed E-state index contributed by atoms with van der Waals surface area (Å²) in [6, 6.07) is 65.3. The zero-order chi connectivity index (χ0) is 55.8. The van der Waals surface area contributed by atoms with Crippen molar-refractivity contribution >= 4 is 131 Å². The SMILES string of the molecule is Cc1coc2ccccc12.Cc1csc2ccccc12.Cc1noc2ccccc12.Cc1nsc2ccccc12.Cc1occ2ccccc12.Cc1onc2ccccc12.Cc1scc2ccccc12.Cc1snc2ccccc12. The molecule has 400 valence electrons. The Morgan fingerprint density at radius 1 is 0.325 bits per heavy atom. The molecule has 0 aliphatic heterocycles. The van der Waals surface area contributed by atoms with Crippen molar-refractivity contribution in [3.05, 3.63) is 261 Å². The van der Waals surface area contributed by atoms with Crippen LogP contribution in [0.1, 0.15) is 43.8 Å². The zero-order valence-corrected chi connectivity index (χ0v) is 49.1. The van der Waals surface area contributed by atoms with Crippen molar-refractivity contribution in [1.29, 1.82) is 0 Å². The minimum absolute atomic E-state index is 0.861. The van der Waals surface area contributed by atoms with Crippen LogP contribution in [0.2, 0.25) is 0 Å². The van der Waals surface area contributed by atoms with Gasteiger partial charge in [0.05, 0.1) is 34.1 Å². The molecule has 0 aliphatic carbocycles. The summed E-state index contributed by atoms with van der Waals surface area (Å²) in [6.07, 6.45) is 3.56. The second kappa shape index (κ2) is 27.4. The summed E-state index contributed by atoms with van der Waals surface area (Å²) >= 11 is 6.76. The fraction of sp³-hybridized carbons (Fsp3) is 0.118. The zero-order valence-electron chi connectivity index (χ0n) is 45.8. The van der Waals surface area contributed by atoms with Gasteiger partial charge < -0.3 is 17.9 Å². The van der Waals surface area contributed by atoms with Crippen LogP contribution >= 0.6 is 45.7 Å². The van der Waals surface area contributed by atoms with E-state index in [-0.39, 0.29) is 0 Å². The van der Waals surface area contributed by atoms with Crippen molar-refractivity contribution in [3.63, 3.8) is 0 Å². The lowest BCUT2D eigenvalue weighted by atomic mass is 10.2. The van der Waals surface area contributed by atoms with Crippen LogP contribution in [0.25, 0.3) is 85.5 Å². The largest absolute Gasteiger partial charge is 0.468 e. The molecule has 0 unspecified atom stereocenters. The number of hydrogen-bond acceptors (Lipinski definition) is 12. The van der Waals surface area contributed by atoms with Crippen LogP contribution in [0.15, 0.2) is 235 Å². The van der Waals surface area contributed by atoms with Gasteiger partial charge in [-0.2, -0.15) is 8.75 Å². The molecule has 80 heavy (non-hydrogen) atoms. The normalized spacial score (nSPS) is 10.5. The van der Waals surface area contributed by atoms with Crippen molar-refractivity contribution in [2.45, 2.75) is 55.4 Å². The lowest BCUT2D eigenvalue weighted by molar-refractivity contribution is 0.405. The van der Waals surface area contributed by atoms with Gasteiger partial charge in [0.2, 0.25) is 0 Å². The lowest BCUT2D eigenvalue weighted by Crippen LogP contribution is -1.66. The van der Waals surface area contributed by atoms with Crippen LogP contribution in [0, 0.1) is 55.4 Å². The van der Waals surface area contributed by atoms with Crippen LogP contribution in [0.3, 0.4) is 0 Å². The summed E-state index contributed by atoms with van der Waals surface area (Å²) in [7, 11) is 0. The average Bonchev–Trinajstić information content (AvgIpc) is 4.43. The molecule has 16 rings (SSSR count). The summed E-state index contributed by atoms with van der Waals surface area (Å²) in [5.74, 6) is 1.88. The van der Waals surface area contributed by atoms with Crippen LogP contribution in [0.5, 0.6) is 0 Å². The molecule has 0 aliphatic rings. The van der Waals surface area contributed by atoms with Gasteiger partial charge in [-0.3, -0.25) is 0 Å².